The van der Waals surface area contributed by atoms with Gasteiger partial charge in [0.1, 0.15) is 0 Å². The standard InChI is InChI=1S/C21H27N3OS/c25-21(16-24-14-4-6-19(24)20-7-5-15-26-20)22-17-8-10-18(11-9-17)23-12-2-1-3-13-23/h5,7-11,15,19H,1-4,6,12-14,16H2,(H,22,25). The van der Waals surface area contributed by atoms with Crippen molar-refractivity contribution in [1.82, 2.24) is 4.90 Å². The Hall–Kier alpha value is -1.85. The van der Waals surface area contributed by atoms with Crippen molar-refractivity contribution in [3.05, 3.63) is 46.7 Å². The molecule has 0 bridgehead atoms. The van der Waals surface area contributed by atoms with Gasteiger partial charge in [0.05, 0.1) is 6.54 Å². The second kappa shape index (κ2) is 8.23. The Bertz CT molecular complexity index is 707. The van der Waals surface area contributed by atoms with E-state index in [2.05, 4.69) is 44.8 Å². The number of carbonyl (C=O) groups excluding carboxylic acids is 1. The van der Waals surface area contributed by atoms with E-state index >= 15 is 0 Å². The van der Waals surface area contributed by atoms with Crippen LogP contribution in [0.1, 0.15) is 43.0 Å². The fraction of sp³-hybridized carbons (Fsp3) is 0.476. The molecule has 1 N–H and O–H groups in total. The van der Waals surface area contributed by atoms with Gasteiger partial charge in [0.2, 0.25) is 5.91 Å². The first-order valence-electron chi connectivity index (χ1n) is 9.72. The predicted molar refractivity (Wildman–Crippen MR) is 109 cm³/mol. The highest BCUT2D eigenvalue weighted by Gasteiger charge is 2.28. The Kier molecular flexibility index (Phi) is 5.56. The van der Waals surface area contributed by atoms with Crippen molar-refractivity contribution < 1.29 is 4.79 Å². The van der Waals surface area contributed by atoms with Crippen LogP contribution in [0.5, 0.6) is 0 Å². The molecular weight excluding hydrogens is 342 g/mol. The summed E-state index contributed by atoms with van der Waals surface area (Å²) in [7, 11) is 0. The van der Waals surface area contributed by atoms with Gasteiger partial charge in [-0.05, 0) is 74.4 Å². The van der Waals surface area contributed by atoms with Crippen LogP contribution >= 0.6 is 11.3 Å². The summed E-state index contributed by atoms with van der Waals surface area (Å²) in [6.07, 6.45) is 6.21. The molecule has 138 valence electrons. The van der Waals surface area contributed by atoms with E-state index in [0.717, 1.165) is 31.7 Å². The number of hydrogen-bond donors (Lipinski definition) is 1. The lowest BCUT2D eigenvalue weighted by Crippen LogP contribution is -2.32. The largest absolute Gasteiger partial charge is 0.372 e. The molecular formula is C21H27N3OS. The van der Waals surface area contributed by atoms with Crippen LogP contribution in [-0.2, 0) is 4.79 Å². The third-order valence-electron chi connectivity index (χ3n) is 5.45. The van der Waals surface area contributed by atoms with E-state index in [4.69, 9.17) is 0 Å². The normalized spacial score (nSPS) is 21.1. The molecule has 3 heterocycles. The number of anilines is 2. The number of nitrogens with one attached hydrogen (secondary N) is 1. The minimum Gasteiger partial charge on any atom is -0.372 e. The third-order valence-corrected chi connectivity index (χ3v) is 6.43. The zero-order valence-electron chi connectivity index (χ0n) is 15.2. The summed E-state index contributed by atoms with van der Waals surface area (Å²) in [5, 5.41) is 5.19. The zero-order valence-corrected chi connectivity index (χ0v) is 16.0. The van der Waals surface area contributed by atoms with E-state index in [1.165, 1.54) is 36.2 Å². The Morgan fingerprint density at radius 1 is 1.04 bits per heavy atom. The van der Waals surface area contributed by atoms with Gasteiger partial charge in [0.15, 0.2) is 0 Å². The van der Waals surface area contributed by atoms with Gasteiger partial charge in [-0.2, -0.15) is 0 Å². The van der Waals surface area contributed by atoms with Crippen molar-refractivity contribution in [3.8, 4) is 0 Å². The molecule has 0 radical (unpaired) electrons. The van der Waals surface area contributed by atoms with Crippen LogP contribution < -0.4 is 10.2 Å². The van der Waals surface area contributed by atoms with Gasteiger partial charge in [-0.25, -0.2) is 0 Å². The molecule has 2 fully saturated rings. The molecule has 1 amide bonds. The highest BCUT2D eigenvalue weighted by molar-refractivity contribution is 7.10. The number of piperidine rings is 1. The number of amides is 1. The summed E-state index contributed by atoms with van der Waals surface area (Å²) in [4.78, 5) is 18.6. The van der Waals surface area contributed by atoms with Gasteiger partial charge in [-0.15, -0.1) is 11.3 Å². The van der Waals surface area contributed by atoms with Crippen molar-refractivity contribution in [2.24, 2.45) is 0 Å². The average Bonchev–Trinajstić information content (AvgIpc) is 3.34. The summed E-state index contributed by atoms with van der Waals surface area (Å²) < 4.78 is 0. The van der Waals surface area contributed by atoms with E-state index in [0.29, 0.717) is 12.6 Å². The Morgan fingerprint density at radius 2 is 1.85 bits per heavy atom. The molecule has 2 saturated heterocycles. The zero-order chi connectivity index (χ0) is 17.8. The van der Waals surface area contributed by atoms with Crippen molar-refractivity contribution in [2.45, 2.75) is 38.1 Å². The van der Waals surface area contributed by atoms with Crippen LogP contribution in [0.3, 0.4) is 0 Å². The molecule has 0 spiro atoms. The lowest BCUT2D eigenvalue weighted by molar-refractivity contribution is -0.117. The minimum absolute atomic E-state index is 0.0826. The molecule has 1 atom stereocenters. The molecule has 0 aliphatic carbocycles. The molecule has 2 aromatic rings. The van der Waals surface area contributed by atoms with Crippen molar-refractivity contribution >= 4 is 28.6 Å². The molecule has 5 heteroatoms. The first kappa shape index (κ1) is 17.6. The molecule has 26 heavy (non-hydrogen) atoms. The Balaban J connectivity index is 1.33. The van der Waals surface area contributed by atoms with E-state index in [9.17, 15) is 4.79 Å². The van der Waals surface area contributed by atoms with Gasteiger partial charge < -0.3 is 10.2 Å². The van der Waals surface area contributed by atoms with E-state index in [-0.39, 0.29) is 5.91 Å². The molecule has 2 aliphatic heterocycles. The number of likely N-dealkylation sites (tertiary alicyclic amines) is 1. The summed E-state index contributed by atoms with van der Waals surface area (Å²) in [6, 6.07) is 13.0. The minimum atomic E-state index is 0.0826. The average molecular weight is 370 g/mol. The maximum Gasteiger partial charge on any atom is 0.238 e. The quantitative estimate of drug-likeness (QED) is 0.842. The third kappa shape index (κ3) is 4.10. The number of thiophene rings is 1. The van der Waals surface area contributed by atoms with Gasteiger partial charge in [0.25, 0.3) is 0 Å². The second-order valence-corrected chi connectivity index (χ2v) is 8.27. The van der Waals surface area contributed by atoms with E-state index in [1.807, 2.05) is 12.1 Å². The lowest BCUT2D eigenvalue weighted by atomic mass is 10.1. The highest BCUT2D eigenvalue weighted by Crippen LogP contribution is 2.34. The molecule has 0 saturated carbocycles. The van der Waals surface area contributed by atoms with Crippen LogP contribution in [0.15, 0.2) is 41.8 Å². The summed E-state index contributed by atoms with van der Waals surface area (Å²) >= 11 is 1.79. The number of benzene rings is 1. The fourth-order valence-corrected chi connectivity index (χ4v) is 5.01. The van der Waals surface area contributed by atoms with E-state index in [1.54, 1.807) is 11.3 Å². The van der Waals surface area contributed by atoms with Gasteiger partial charge >= 0.3 is 0 Å². The molecule has 1 aromatic heterocycles. The summed E-state index contributed by atoms with van der Waals surface area (Å²) in [5.41, 5.74) is 2.16. The van der Waals surface area contributed by atoms with Crippen LogP contribution in [0.2, 0.25) is 0 Å². The van der Waals surface area contributed by atoms with Crippen LogP contribution in [0.25, 0.3) is 0 Å². The van der Waals surface area contributed by atoms with Gasteiger partial charge in [0, 0.05) is 35.4 Å². The van der Waals surface area contributed by atoms with Gasteiger partial charge in [-0.1, -0.05) is 6.07 Å². The molecule has 1 aromatic carbocycles. The van der Waals surface area contributed by atoms with Crippen LogP contribution in [-0.4, -0.2) is 37.0 Å². The molecule has 2 aliphatic rings. The fourth-order valence-electron chi connectivity index (χ4n) is 4.11. The molecule has 4 nitrogen and oxygen atoms in total. The lowest BCUT2D eigenvalue weighted by Gasteiger charge is -2.29. The highest BCUT2D eigenvalue weighted by atomic mass is 32.1. The number of rotatable bonds is 5. The Labute approximate surface area is 159 Å². The molecule has 4 rings (SSSR count). The number of hydrogen-bond acceptors (Lipinski definition) is 4. The van der Waals surface area contributed by atoms with Crippen LogP contribution in [0, 0.1) is 0 Å². The van der Waals surface area contributed by atoms with Crippen LogP contribution in [0.4, 0.5) is 11.4 Å². The topological polar surface area (TPSA) is 35.6 Å². The summed E-state index contributed by atoms with van der Waals surface area (Å²) in [5.74, 6) is 0.0826. The molecule has 1 unspecified atom stereocenters. The first-order valence-corrected chi connectivity index (χ1v) is 10.6. The number of nitrogens with zero attached hydrogens (tertiary/aromatic N) is 2. The van der Waals surface area contributed by atoms with Crippen molar-refractivity contribution in [1.29, 1.82) is 0 Å². The van der Waals surface area contributed by atoms with Gasteiger partial charge in [-0.3, -0.25) is 9.69 Å². The SMILES string of the molecule is O=C(CN1CCCC1c1cccs1)Nc1ccc(N2CCCCC2)cc1. The van der Waals surface area contributed by atoms with E-state index < -0.39 is 0 Å². The maximum absolute atomic E-state index is 12.5. The second-order valence-electron chi connectivity index (χ2n) is 7.29. The smallest absolute Gasteiger partial charge is 0.238 e. The maximum atomic E-state index is 12.5. The van der Waals surface area contributed by atoms with Crippen molar-refractivity contribution in [2.75, 3.05) is 36.4 Å². The predicted octanol–water partition coefficient (Wildman–Crippen LogP) is 4.51. The first-order chi connectivity index (χ1) is 12.8. The Morgan fingerprint density at radius 3 is 2.58 bits per heavy atom. The summed E-state index contributed by atoms with van der Waals surface area (Å²) in [6.45, 7) is 3.76. The van der Waals surface area contributed by atoms with Crippen molar-refractivity contribution in [3.63, 3.8) is 0 Å². The monoisotopic (exact) mass is 369 g/mol. The number of carbonyl (C=O) groups is 1.